The molecule has 3 aromatic rings. The second kappa shape index (κ2) is 9.27. The highest BCUT2D eigenvalue weighted by molar-refractivity contribution is 5.98. The lowest BCUT2D eigenvalue weighted by molar-refractivity contribution is -0.312. The minimum absolute atomic E-state index is 0.166. The molecular weight excluding hydrogens is 388 g/mol. The predicted molar refractivity (Wildman–Crippen MR) is 125 cm³/mol. The van der Waals surface area contributed by atoms with Gasteiger partial charge in [-0.25, -0.2) is 0 Å². The molecular formula is C26H32O3Si. The molecule has 0 aliphatic heterocycles. The van der Waals surface area contributed by atoms with Crippen LogP contribution in [0.15, 0.2) is 91.0 Å². The van der Waals surface area contributed by atoms with E-state index in [0.29, 0.717) is 23.5 Å². The molecule has 0 saturated carbocycles. The van der Waals surface area contributed by atoms with Crippen molar-refractivity contribution in [3.8, 4) is 0 Å². The Morgan fingerprint density at radius 3 is 1.67 bits per heavy atom. The Bertz CT molecular complexity index is 909. The molecule has 3 nitrogen and oxygen atoms in total. The fourth-order valence-electron chi connectivity index (χ4n) is 4.09. The maximum Gasteiger partial charge on any atom is 0.219 e. The van der Waals surface area contributed by atoms with E-state index in [1.54, 1.807) is 0 Å². The summed E-state index contributed by atoms with van der Waals surface area (Å²) in [6, 6.07) is 29.6. The van der Waals surface area contributed by atoms with Crippen LogP contribution in [0.1, 0.15) is 43.9 Å². The zero-order valence-electron chi connectivity index (χ0n) is 18.3. The molecule has 0 amide bonds. The SMILES string of the molecule is CC(C)(C)CC(O)(c1ccccc1)[C@](O[SiH3])(OCc1ccccc1)c1ccccc1. The largest absolute Gasteiger partial charge is 0.396 e. The quantitative estimate of drug-likeness (QED) is 0.425. The van der Waals surface area contributed by atoms with Gasteiger partial charge in [-0.2, -0.15) is 0 Å². The Morgan fingerprint density at radius 1 is 0.733 bits per heavy atom. The van der Waals surface area contributed by atoms with E-state index in [9.17, 15) is 5.11 Å². The molecule has 0 heterocycles. The normalized spacial score (nSPS) is 16.0. The van der Waals surface area contributed by atoms with Gasteiger partial charge in [-0.05, 0) is 23.0 Å². The van der Waals surface area contributed by atoms with Crippen molar-refractivity contribution in [3.63, 3.8) is 0 Å². The molecule has 1 N–H and O–H groups in total. The van der Waals surface area contributed by atoms with Gasteiger partial charge in [0.15, 0.2) is 0 Å². The summed E-state index contributed by atoms with van der Waals surface area (Å²) in [7, 11) is 0.396. The number of benzene rings is 3. The van der Waals surface area contributed by atoms with Crippen LogP contribution in [0.3, 0.4) is 0 Å². The third-order valence-corrected chi connectivity index (χ3v) is 5.88. The van der Waals surface area contributed by atoms with Crippen molar-refractivity contribution >= 4 is 10.5 Å². The van der Waals surface area contributed by atoms with Crippen LogP contribution in [0.5, 0.6) is 0 Å². The van der Waals surface area contributed by atoms with E-state index in [1.165, 1.54) is 0 Å². The lowest BCUT2D eigenvalue weighted by Crippen LogP contribution is -2.54. The van der Waals surface area contributed by atoms with Gasteiger partial charge in [-0.3, -0.25) is 0 Å². The molecule has 0 saturated heterocycles. The van der Waals surface area contributed by atoms with E-state index in [4.69, 9.17) is 9.16 Å². The van der Waals surface area contributed by atoms with Gasteiger partial charge >= 0.3 is 0 Å². The molecule has 1 unspecified atom stereocenters. The first-order valence-corrected chi connectivity index (χ1v) is 11.2. The molecule has 0 aliphatic carbocycles. The summed E-state index contributed by atoms with van der Waals surface area (Å²) >= 11 is 0. The van der Waals surface area contributed by atoms with Crippen molar-refractivity contribution in [2.75, 3.05) is 0 Å². The molecule has 0 bridgehead atoms. The van der Waals surface area contributed by atoms with Crippen molar-refractivity contribution in [3.05, 3.63) is 108 Å². The fraction of sp³-hybridized carbons (Fsp3) is 0.308. The topological polar surface area (TPSA) is 38.7 Å². The van der Waals surface area contributed by atoms with E-state index >= 15 is 0 Å². The molecule has 3 rings (SSSR count). The van der Waals surface area contributed by atoms with Crippen LogP contribution >= 0.6 is 0 Å². The second-order valence-corrected chi connectivity index (χ2v) is 9.33. The smallest absolute Gasteiger partial charge is 0.219 e. The highest BCUT2D eigenvalue weighted by Gasteiger charge is 2.55. The predicted octanol–water partition coefficient (Wildman–Crippen LogP) is 4.68. The lowest BCUT2D eigenvalue weighted by Gasteiger charge is -2.49. The van der Waals surface area contributed by atoms with Gasteiger partial charge in [0.2, 0.25) is 5.79 Å². The van der Waals surface area contributed by atoms with Crippen LogP contribution in [0.4, 0.5) is 0 Å². The van der Waals surface area contributed by atoms with Gasteiger partial charge in [0, 0.05) is 5.56 Å². The summed E-state index contributed by atoms with van der Waals surface area (Å²) in [5.74, 6) is -1.33. The zero-order valence-corrected chi connectivity index (χ0v) is 20.3. The van der Waals surface area contributed by atoms with Crippen LogP contribution < -0.4 is 0 Å². The van der Waals surface area contributed by atoms with E-state index in [0.717, 1.165) is 16.7 Å². The Kier molecular flexibility index (Phi) is 6.94. The first kappa shape index (κ1) is 22.4. The summed E-state index contributed by atoms with van der Waals surface area (Å²) in [6.45, 7) is 6.71. The van der Waals surface area contributed by atoms with Gasteiger partial charge in [-0.1, -0.05) is 112 Å². The average Bonchev–Trinajstić information content (AvgIpc) is 2.75. The van der Waals surface area contributed by atoms with Crippen molar-refractivity contribution < 1.29 is 14.3 Å². The highest BCUT2D eigenvalue weighted by Crippen LogP contribution is 2.50. The number of aliphatic hydroxyl groups is 1. The van der Waals surface area contributed by atoms with E-state index in [2.05, 4.69) is 20.8 Å². The van der Waals surface area contributed by atoms with Gasteiger partial charge in [0.1, 0.15) is 16.1 Å². The van der Waals surface area contributed by atoms with Gasteiger partial charge in [0.25, 0.3) is 0 Å². The third-order valence-electron chi connectivity index (χ3n) is 5.31. The van der Waals surface area contributed by atoms with Gasteiger partial charge in [0.05, 0.1) is 6.61 Å². The molecule has 158 valence electrons. The summed E-state index contributed by atoms with van der Waals surface area (Å²) in [5, 5.41) is 12.4. The number of hydrogen-bond donors (Lipinski definition) is 1. The van der Waals surface area contributed by atoms with Crippen molar-refractivity contribution in [1.29, 1.82) is 0 Å². The van der Waals surface area contributed by atoms with E-state index in [-0.39, 0.29) is 5.41 Å². The van der Waals surface area contributed by atoms with E-state index < -0.39 is 11.4 Å². The molecule has 0 aromatic heterocycles. The minimum Gasteiger partial charge on any atom is -0.396 e. The summed E-state index contributed by atoms with van der Waals surface area (Å²) in [4.78, 5) is 0. The third kappa shape index (κ3) is 4.73. The molecule has 3 aromatic carbocycles. The first-order chi connectivity index (χ1) is 14.3. The van der Waals surface area contributed by atoms with E-state index in [1.807, 2.05) is 91.0 Å². The summed E-state index contributed by atoms with van der Waals surface area (Å²) < 4.78 is 12.9. The maximum absolute atomic E-state index is 12.4. The van der Waals surface area contributed by atoms with Crippen molar-refractivity contribution in [1.82, 2.24) is 0 Å². The Morgan fingerprint density at radius 2 is 1.20 bits per heavy atom. The second-order valence-electron chi connectivity index (χ2n) is 8.92. The average molecular weight is 421 g/mol. The molecule has 0 spiro atoms. The van der Waals surface area contributed by atoms with Crippen LogP contribution in [-0.4, -0.2) is 15.6 Å². The van der Waals surface area contributed by atoms with Crippen molar-refractivity contribution in [2.45, 2.75) is 45.2 Å². The number of ether oxygens (including phenoxy) is 1. The lowest BCUT2D eigenvalue weighted by atomic mass is 9.71. The van der Waals surface area contributed by atoms with Gasteiger partial charge < -0.3 is 14.3 Å². The molecule has 0 aliphatic rings. The Labute approximate surface area is 183 Å². The van der Waals surface area contributed by atoms with Crippen LogP contribution in [0.25, 0.3) is 0 Å². The highest BCUT2D eigenvalue weighted by atomic mass is 28.2. The standard InChI is InChI=1S/C26H32O3Si/c1-24(2,3)20-25(27,22-15-9-5-10-16-22)26(29-30,23-17-11-6-12-18-23)28-19-21-13-7-4-8-14-21/h4-18,27H,19-20H2,1-3,30H3/t25?,26-/m0/s1. The Balaban J connectivity index is 2.18. The van der Waals surface area contributed by atoms with Gasteiger partial charge in [-0.15, -0.1) is 0 Å². The molecule has 30 heavy (non-hydrogen) atoms. The van der Waals surface area contributed by atoms with Crippen LogP contribution in [-0.2, 0) is 27.2 Å². The minimum atomic E-state index is -1.38. The molecule has 2 atom stereocenters. The number of hydrogen-bond acceptors (Lipinski definition) is 3. The fourth-order valence-corrected chi connectivity index (χ4v) is 4.78. The molecule has 0 radical (unpaired) electrons. The molecule has 4 heteroatoms. The summed E-state index contributed by atoms with van der Waals surface area (Å²) in [6.07, 6.45) is 0.468. The zero-order chi connectivity index (χ0) is 21.7. The summed E-state index contributed by atoms with van der Waals surface area (Å²) in [5.41, 5.74) is 1.08. The van der Waals surface area contributed by atoms with Crippen molar-refractivity contribution in [2.24, 2.45) is 5.41 Å². The first-order valence-electron chi connectivity index (χ1n) is 10.4. The molecule has 0 fully saturated rings. The maximum atomic E-state index is 12.4. The van der Waals surface area contributed by atoms with Crippen LogP contribution in [0.2, 0.25) is 0 Å². The monoisotopic (exact) mass is 420 g/mol. The van der Waals surface area contributed by atoms with Crippen LogP contribution in [0, 0.1) is 5.41 Å². The Hall–Kier alpha value is -2.24. The number of rotatable bonds is 8.